The SMILES string of the molecule is CC(C1C=Cc2cc3c(cc21)CCC3)C1C=Cc2cc3c(cc21)CCC3. The molecular weight excluding hydrogens is 312 g/mol. The van der Waals surface area contributed by atoms with Crippen LogP contribution in [0, 0.1) is 5.92 Å². The summed E-state index contributed by atoms with van der Waals surface area (Å²) in [6, 6.07) is 10.0. The van der Waals surface area contributed by atoms with Crippen molar-refractivity contribution < 1.29 is 0 Å². The van der Waals surface area contributed by atoms with Gasteiger partial charge < -0.3 is 0 Å². The molecule has 0 heteroatoms. The minimum atomic E-state index is 0.560. The molecule has 0 spiro atoms. The van der Waals surface area contributed by atoms with Gasteiger partial charge in [-0.05, 0) is 89.0 Å². The van der Waals surface area contributed by atoms with Crippen LogP contribution in [0.25, 0.3) is 12.2 Å². The van der Waals surface area contributed by atoms with Crippen LogP contribution in [0.5, 0.6) is 0 Å². The number of rotatable bonds is 2. The number of hydrogen-bond acceptors (Lipinski definition) is 0. The molecule has 130 valence electrons. The van der Waals surface area contributed by atoms with Gasteiger partial charge in [0.05, 0.1) is 0 Å². The highest BCUT2D eigenvalue weighted by atomic mass is 14.4. The van der Waals surface area contributed by atoms with Crippen LogP contribution in [-0.2, 0) is 25.7 Å². The normalized spacial score (nSPS) is 25.3. The molecule has 0 N–H and O–H groups in total. The molecule has 0 saturated heterocycles. The standard InChI is InChI=1S/C26H26/c1-16(23-10-8-21-12-17-4-2-6-19(17)14-25(21)23)24-11-9-22-13-18-5-3-7-20(18)15-26(22)24/h8-16,23-24H,2-7H2,1H3. The Bertz CT molecular complexity index is 893. The molecule has 4 aliphatic rings. The first kappa shape index (κ1) is 15.0. The first-order valence-corrected chi connectivity index (χ1v) is 10.5. The van der Waals surface area contributed by atoms with Crippen molar-refractivity contribution in [3.63, 3.8) is 0 Å². The lowest BCUT2D eigenvalue weighted by atomic mass is 9.77. The predicted molar refractivity (Wildman–Crippen MR) is 110 cm³/mol. The van der Waals surface area contributed by atoms with Gasteiger partial charge >= 0.3 is 0 Å². The van der Waals surface area contributed by atoms with Crippen molar-refractivity contribution in [1.29, 1.82) is 0 Å². The lowest BCUT2D eigenvalue weighted by Crippen LogP contribution is -2.14. The Morgan fingerprint density at radius 1 is 0.654 bits per heavy atom. The summed E-state index contributed by atoms with van der Waals surface area (Å²) < 4.78 is 0. The zero-order valence-corrected chi connectivity index (χ0v) is 15.6. The zero-order chi connectivity index (χ0) is 17.3. The quantitative estimate of drug-likeness (QED) is 0.609. The van der Waals surface area contributed by atoms with Crippen LogP contribution in [0.4, 0.5) is 0 Å². The van der Waals surface area contributed by atoms with Crippen molar-refractivity contribution in [3.8, 4) is 0 Å². The molecule has 0 nitrogen and oxygen atoms in total. The molecule has 26 heavy (non-hydrogen) atoms. The topological polar surface area (TPSA) is 0 Å². The van der Waals surface area contributed by atoms with Crippen molar-refractivity contribution in [2.24, 2.45) is 5.92 Å². The lowest BCUT2D eigenvalue weighted by Gasteiger charge is -2.26. The summed E-state index contributed by atoms with van der Waals surface area (Å²) in [5, 5.41) is 0. The molecular formula is C26H26. The molecule has 0 fully saturated rings. The Morgan fingerprint density at radius 3 is 1.54 bits per heavy atom. The number of hydrogen-bond donors (Lipinski definition) is 0. The highest BCUT2D eigenvalue weighted by molar-refractivity contribution is 5.68. The highest BCUT2D eigenvalue weighted by Gasteiger charge is 2.33. The van der Waals surface area contributed by atoms with Crippen molar-refractivity contribution in [1.82, 2.24) is 0 Å². The van der Waals surface area contributed by atoms with E-state index in [0.29, 0.717) is 17.8 Å². The van der Waals surface area contributed by atoms with Gasteiger partial charge in [0, 0.05) is 11.8 Å². The maximum atomic E-state index is 2.54. The second-order valence-corrected chi connectivity index (χ2v) is 8.84. The van der Waals surface area contributed by atoms with Crippen molar-refractivity contribution in [2.45, 2.75) is 57.3 Å². The van der Waals surface area contributed by atoms with Crippen molar-refractivity contribution in [3.05, 3.63) is 80.9 Å². The smallest absolute Gasteiger partial charge is 0.00618 e. The minimum Gasteiger partial charge on any atom is -0.0761 e. The van der Waals surface area contributed by atoms with Gasteiger partial charge in [-0.3, -0.25) is 0 Å². The van der Waals surface area contributed by atoms with Gasteiger partial charge in [-0.15, -0.1) is 0 Å². The Kier molecular flexibility index (Phi) is 3.15. The average molecular weight is 338 g/mol. The van der Waals surface area contributed by atoms with E-state index in [1.165, 1.54) is 49.7 Å². The van der Waals surface area contributed by atoms with E-state index in [2.05, 4.69) is 55.5 Å². The summed E-state index contributed by atoms with van der Waals surface area (Å²) in [6.07, 6.45) is 17.5. The predicted octanol–water partition coefficient (Wildman–Crippen LogP) is 6.22. The summed E-state index contributed by atoms with van der Waals surface area (Å²) in [4.78, 5) is 0. The van der Waals surface area contributed by atoms with Crippen LogP contribution in [0.3, 0.4) is 0 Å². The van der Waals surface area contributed by atoms with Crippen LogP contribution in [-0.4, -0.2) is 0 Å². The van der Waals surface area contributed by atoms with Gasteiger partial charge in [-0.25, -0.2) is 0 Å². The van der Waals surface area contributed by atoms with E-state index in [9.17, 15) is 0 Å². The fraction of sp³-hybridized carbons (Fsp3) is 0.385. The molecule has 0 aromatic heterocycles. The van der Waals surface area contributed by atoms with Gasteiger partial charge in [0.2, 0.25) is 0 Å². The van der Waals surface area contributed by atoms with E-state index >= 15 is 0 Å². The number of benzene rings is 2. The molecule has 6 rings (SSSR count). The van der Waals surface area contributed by atoms with Crippen LogP contribution in [0.1, 0.15) is 76.1 Å². The molecule has 2 atom stereocenters. The Labute approximate surface area is 156 Å². The van der Waals surface area contributed by atoms with Gasteiger partial charge in [-0.2, -0.15) is 0 Å². The first-order chi connectivity index (χ1) is 12.8. The summed E-state index contributed by atoms with van der Waals surface area (Å²) in [6.45, 7) is 2.47. The van der Waals surface area contributed by atoms with Gasteiger partial charge in [0.15, 0.2) is 0 Å². The van der Waals surface area contributed by atoms with E-state index in [4.69, 9.17) is 0 Å². The fourth-order valence-corrected chi connectivity index (χ4v) is 5.95. The summed E-state index contributed by atoms with van der Waals surface area (Å²) in [5.41, 5.74) is 12.6. The largest absolute Gasteiger partial charge is 0.0761 e. The lowest BCUT2D eigenvalue weighted by molar-refractivity contribution is 0.481. The number of allylic oxidation sites excluding steroid dienone is 2. The molecule has 0 heterocycles. The van der Waals surface area contributed by atoms with E-state index in [0.717, 1.165) is 0 Å². The van der Waals surface area contributed by atoms with E-state index in [1.54, 1.807) is 33.4 Å². The summed E-state index contributed by atoms with van der Waals surface area (Å²) in [5.74, 6) is 1.73. The second-order valence-electron chi connectivity index (χ2n) is 8.84. The van der Waals surface area contributed by atoms with Gasteiger partial charge in [0.1, 0.15) is 0 Å². The van der Waals surface area contributed by atoms with Gasteiger partial charge in [0.25, 0.3) is 0 Å². The van der Waals surface area contributed by atoms with E-state index < -0.39 is 0 Å². The van der Waals surface area contributed by atoms with Crippen LogP contribution >= 0.6 is 0 Å². The average Bonchev–Trinajstić information content (AvgIpc) is 3.41. The van der Waals surface area contributed by atoms with Crippen molar-refractivity contribution in [2.75, 3.05) is 0 Å². The van der Waals surface area contributed by atoms with Crippen LogP contribution in [0.15, 0.2) is 36.4 Å². The number of aryl methyl sites for hydroxylation is 4. The third-order valence-corrected chi connectivity index (χ3v) is 7.41. The summed E-state index contributed by atoms with van der Waals surface area (Å²) in [7, 11) is 0. The van der Waals surface area contributed by atoms with E-state index in [-0.39, 0.29) is 0 Å². The van der Waals surface area contributed by atoms with Crippen molar-refractivity contribution >= 4 is 12.2 Å². The first-order valence-electron chi connectivity index (χ1n) is 10.5. The Balaban J connectivity index is 1.36. The molecule has 2 aromatic rings. The maximum absolute atomic E-state index is 2.54. The monoisotopic (exact) mass is 338 g/mol. The van der Waals surface area contributed by atoms with Crippen LogP contribution < -0.4 is 0 Å². The van der Waals surface area contributed by atoms with Gasteiger partial charge in [-0.1, -0.05) is 55.5 Å². The molecule has 2 aromatic carbocycles. The Hall–Kier alpha value is -2.08. The Morgan fingerprint density at radius 2 is 1.08 bits per heavy atom. The molecule has 0 amide bonds. The minimum absolute atomic E-state index is 0.560. The van der Waals surface area contributed by atoms with E-state index in [1.807, 2.05) is 0 Å². The second kappa shape index (κ2) is 5.46. The molecule has 0 saturated carbocycles. The molecule has 0 radical (unpaired) electrons. The third kappa shape index (κ3) is 2.08. The molecule has 0 bridgehead atoms. The fourth-order valence-electron chi connectivity index (χ4n) is 5.95. The molecule has 0 aliphatic heterocycles. The third-order valence-electron chi connectivity index (χ3n) is 7.41. The molecule has 2 unspecified atom stereocenters. The summed E-state index contributed by atoms with van der Waals surface area (Å²) >= 11 is 0. The zero-order valence-electron chi connectivity index (χ0n) is 15.6. The van der Waals surface area contributed by atoms with Crippen LogP contribution in [0.2, 0.25) is 0 Å². The maximum Gasteiger partial charge on any atom is 0.00618 e. The number of fused-ring (bicyclic) bond motifs is 4. The molecule has 4 aliphatic carbocycles. The highest BCUT2D eigenvalue weighted by Crippen LogP contribution is 2.47.